The quantitative estimate of drug-likeness (QED) is 0.477. The molecular formula is C28H27FN4O4. The average molecular weight is 503 g/mol. The fourth-order valence-electron chi connectivity index (χ4n) is 4.11. The molecule has 1 atom stereocenters. The molecule has 1 aliphatic heterocycles. The molecule has 8 nitrogen and oxygen atoms in total. The minimum Gasteiger partial charge on any atom is -0.378 e. The zero-order valence-electron chi connectivity index (χ0n) is 20.8. The van der Waals surface area contributed by atoms with E-state index >= 15 is 0 Å². The lowest BCUT2D eigenvalue weighted by atomic mass is 10.1. The molecule has 3 aromatic rings. The van der Waals surface area contributed by atoms with E-state index in [1.165, 1.54) is 36.1 Å². The van der Waals surface area contributed by atoms with Crippen LogP contribution in [-0.2, 0) is 20.9 Å². The molecule has 1 aliphatic rings. The second kappa shape index (κ2) is 10.6. The number of carbonyl (C=O) groups is 4. The highest BCUT2D eigenvalue weighted by atomic mass is 19.1. The van der Waals surface area contributed by atoms with E-state index in [0.717, 1.165) is 10.6 Å². The number of carbonyl (C=O) groups excluding carboxylic acids is 4. The first-order valence-electron chi connectivity index (χ1n) is 11.7. The topological polar surface area (TPSA) is 90.0 Å². The van der Waals surface area contributed by atoms with E-state index in [1.54, 1.807) is 36.4 Å². The van der Waals surface area contributed by atoms with Crippen molar-refractivity contribution in [1.29, 1.82) is 0 Å². The molecule has 3 amide bonds. The third-order valence-electron chi connectivity index (χ3n) is 6.29. The summed E-state index contributed by atoms with van der Waals surface area (Å²) in [6, 6.07) is 18.5. The molecule has 0 saturated carbocycles. The summed E-state index contributed by atoms with van der Waals surface area (Å²) >= 11 is 0. The average Bonchev–Trinajstić information content (AvgIpc) is 3.13. The normalized spacial score (nSPS) is 13.2. The molecule has 0 bridgehead atoms. The number of benzene rings is 3. The number of ketones is 1. The number of nitrogens with one attached hydrogen (secondary N) is 1. The molecule has 3 aromatic carbocycles. The number of hydrogen-bond acceptors (Lipinski definition) is 5. The van der Waals surface area contributed by atoms with Gasteiger partial charge in [-0.3, -0.25) is 24.1 Å². The van der Waals surface area contributed by atoms with Crippen LogP contribution in [0.4, 0.5) is 21.5 Å². The molecule has 9 heteroatoms. The molecule has 0 radical (unpaired) electrons. The first kappa shape index (κ1) is 25.6. The van der Waals surface area contributed by atoms with Crippen LogP contribution in [0.25, 0.3) is 0 Å². The second-order valence-electron chi connectivity index (χ2n) is 8.96. The van der Waals surface area contributed by atoms with Crippen molar-refractivity contribution in [2.75, 3.05) is 35.8 Å². The molecule has 190 valence electrons. The lowest BCUT2D eigenvalue weighted by molar-refractivity contribution is -0.138. The fraction of sp³-hybridized carbons (Fsp3) is 0.214. The van der Waals surface area contributed by atoms with Crippen molar-refractivity contribution >= 4 is 40.6 Å². The van der Waals surface area contributed by atoms with Crippen molar-refractivity contribution in [3.63, 3.8) is 0 Å². The Labute approximate surface area is 214 Å². The molecular weight excluding hydrogens is 475 g/mol. The third kappa shape index (κ3) is 5.35. The Kier molecular flexibility index (Phi) is 7.33. The van der Waals surface area contributed by atoms with Crippen molar-refractivity contribution in [1.82, 2.24) is 4.90 Å². The summed E-state index contributed by atoms with van der Waals surface area (Å²) in [7, 11) is 3.80. The summed E-state index contributed by atoms with van der Waals surface area (Å²) in [6.07, 6.45) is 0. The van der Waals surface area contributed by atoms with Crippen LogP contribution in [0.15, 0.2) is 72.8 Å². The maximum absolute atomic E-state index is 14.5. The number of fused-ring (bicyclic) bond motifs is 1. The van der Waals surface area contributed by atoms with Gasteiger partial charge in [0.25, 0.3) is 11.7 Å². The summed E-state index contributed by atoms with van der Waals surface area (Å²) in [5.41, 5.74) is 2.25. The molecule has 4 rings (SSSR count). The SMILES string of the molecule is CC(C(=O)Nc1ccc(N(C)C)cc1)N(Cc1ccccc1F)C(=O)CN1C(=O)C(=O)c2ccccc21. The zero-order chi connectivity index (χ0) is 26.7. The van der Waals surface area contributed by atoms with Crippen LogP contribution in [0.5, 0.6) is 0 Å². The van der Waals surface area contributed by atoms with Gasteiger partial charge in [0.05, 0.1) is 11.3 Å². The minimum atomic E-state index is -1.01. The van der Waals surface area contributed by atoms with Crippen molar-refractivity contribution in [2.24, 2.45) is 0 Å². The maximum Gasteiger partial charge on any atom is 0.299 e. The van der Waals surface area contributed by atoms with E-state index < -0.39 is 41.9 Å². The van der Waals surface area contributed by atoms with E-state index in [0.29, 0.717) is 11.4 Å². The Morgan fingerprint density at radius 2 is 1.59 bits per heavy atom. The minimum absolute atomic E-state index is 0.197. The summed E-state index contributed by atoms with van der Waals surface area (Å²) in [6.45, 7) is 0.871. The molecule has 1 heterocycles. The van der Waals surface area contributed by atoms with E-state index in [2.05, 4.69) is 5.32 Å². The molecule has 0 saturated heterocycles. The van der Waals surface area contributed by atoms with Crippen LogP contribution < -0.4 is 15.1 Å². The van der Waals surface area contributed by atoms with Crippen LogP contribution in [0.3, 0.4) is 0 Å². The van der Waals surface area contributed by atoms with Gasteiger partial charge in [0.1, 0.15) is 18.4 Å². The number of nitrogens with zero attached hydrogens (tertiary/aromatic N) is 3. The predicted octanol–water partition coefficient (Wildman–Crippen LogP) is 3.48. The van der Waals surface area contributed by atoms with Gasteiger partial charge in [-0.15, -0.1) is 0 Å². The van der Waals surface area contributed by atoms with E-state index in [1.807, 2.05) is 31.1 Å². The smallest absolute Gasteiger partial charge is 0.299 e. The molecule has 1 unspecified atom stereocenters. The van der Waals surface area contributed by atoms with Gasteiger partial charge in [-0.05, 0) is 49.4 Å². The van der Waals surface area contributed by atoms with Gasteiger partial charge in [-0.2, -0.15) is 0 Å². The van der Waals surface area contributed by atoms with Crippen LogP contribution in [0.1, 0.15) is 22.8 Å². The van der Waals surface area contributed by atoms with Gasteiger partial charge >= 0.3 is 0 Å². The standard InChI is InChI=1S/C28H27FN4O4/c1-18(27(36)30-20-12-14-21(15-13-20)31(2)3)32(16-19-8-4-6-10-23(19)29)25(34)17-33-24-11-7-5-9-22(24)26(35)28(33)37/h4-15,18H,16-17H2,1-3H3,(H,30,36). The number of halogens is 1. The summed E-state index contributed by atoms with van der Waals surface area (Å²) < 4.78 is 14.5. The molecule has 0 spiro atoms. The monoisotopic (exact) mass is 502 g/mol. The van der Waals surface area contributed by atoms with Gasteiger partial charge in [-0.25, -0.2) is 4.39 Å². The number of para-hydroxylation sites is 1. The fourth-order valence-corrected chi connectivity index (χ4v) is 4.11. The largest absolute Gasteiger partial charge is 0.378 e. The molecule has 37 heavy (non-hydrogen) atoms. The van der Waals surface area contributed by atoms with Crippen LogP contribution in [0.2, 0.25) is 0 Å². The van der Waals surface area contributed by atoms with Crippen LogP contribution >= 0.6 is 0 Å². The third-order valence-corrected chi connectivity index (χ3v) is 6.29. The number of hydrogen-bond donors (Lipinski definition) is 1. The van der Waals surface area contributed by atoms with E-state index in [9.17, 15) is 23.6 Å². The Morgan fingerprint density at radius 3 is 2.27 bits per heavy atom. The van der Waals surface area contributed by atoms with Crippen molar-refractivity contribution in [3.8, 4) is 0 Å². The Hall–Kier alpha value is -4.53. The Morgan fingerprint density at radius 1 is 0.946 bits per heavy atom. The summed E-state index contributed by atoms with van der Waals surface area (Å²) in [5.74, 6) is -3.13. The molecule has 1 N–H and O–H groups in total. The predicted molar refractivity (Wildman–Crippen MR) is 139 cm³/mol. The van der Waals surface area contributed by atoms with Crippen LogP contribution in [-0.4, -0.2) is 55.1 Å². The lowest BCUT2D eigenvalue weighted by Gasteiger charge is -2.30. The van der Waals surface area contributed by atoms with Crippen molar-refractivity contribution in [2.45, 2.75) is 19.5 Å². The second-order valence-corrected chi connectivity index (χ2v) is 8.96. The highest BCUT2D eigenvalue weighted by molar-refractivity contribution is 6.52. The van der Waals surface area contributed by atoms with E-state index in [4.69, 9.17) is 0 Å². The first-order chi connectivity index (χ1) is 17.7. The Balaban J connectivity index is 1.58. The maximum atomic E-state index is 14.5. The van der Waals surface area contributed by atoms with Crippen LogP contribution in [0, 0.1) is 5.82 Å². The number of Topliss-reactive ketones (excluding diaryl/α,β-unsaturated/α-hetero) is 1. The van der Waals surface area contributed by atoms with Gasteiger partial charge in [0, 0.05) is 37.6 Å². The van der Waals surface area contributed by atoms with Gasteiger partial charge in [0.15, 0.2) is 0 Å². The van der Waals surface area contributed by atoms with Crippen molar-refractivity contribution in [3.05, 3.63) is 89.7 Å². The molecule has 0 fully saturated rings. The molecule has 0 aliphatic carbocycles. The van der Waals surface area contributed by atoms with Crippen molar-refractivity contribution < 1.29 is 23.6 Å². The Bertz CT molecular complexity index is 1360. The highest BCUT2D eigenvalue weighted by Crippen LogP contribution is 2.28. The van der Waals surface area contributed by atoms with E-state index in [-0.39, 0.29) is 17.7 Å². The summed E-state index contributed by atoms with van der Waals surface area (Å²) in [5, 5.41) is 2.79. The number of amides is 3. The zero-order valence-corrected chi connectivity index (χ0v) is 20.8. The number of anilines is 3. The first-order valence-corrected chi connectivity index (χ1v) is 11.7. The lowest BCUT2D eigenvalue weighted by Crippen LogP contribution is -2.49. The van der Waals surface area contributed by atoms with Gasteiger partial charge in [-0.1, -0.05) is 30.3 Å². The summed E-state index contributed by atoms with van der Waals surface area (Å²) in [4.78, 5) is 55.9. The highest BCUT2D eigenvalue weighted by Gasteiger charge is 2.38. The van der Waals surface area contributed by atoms with Gasteiger partial charge in [0.2, 0.25) is 11.8 Å². The molecule has 0 aromatic heterocycles. The number of rotatable bonds is 8. The van der Waals surface area contributed by atoms with Gasteiger partial charge < -0.3 is 15.1 Å².